The number of carbonyl (C=O) groups excluding carboxylic acids is 3. The number of rotatable bonds is 5. The molecule has 2 aromatic rings. The number of nitrogens with zero attached hydrogens (tertiary/aromatic N) is 2. The van der Waals surface area contributed by atoms with Crippen LogP contribution in [0.2, 0.25) is 0 Å². The van der Waals surface area contributed by atoms with Crippen LogP contribution in [-0.2, 0) is 14.3 Å². The monoisotopic (exact) mass is 381 g/mol. The molecule has 7 nitrogen and oxygen atoms in total. The summed E-state index contributed by atoms with van der Waals surface area (Å²) >= 11 is 0. The summed E-state index contributed by atoms with van der Waals surface area (Å²) in [6, 6.07) is 16.6. The summed E-state index contributed by atoms with van der Waals surface area (Å²) in [6.07, 6.45) is -0.263. The summed E-state index contributed by atoms with van der Waals surface area (Å²) in [6.45, 7) is 2.59. The number of nitrogens with one attached hydrogen (secondary N) is 1. The molecular weight excluding hydrogens is 358 g/mol. The van der Waals surface area contributed by atoms with Gasteiger partial charge in [-0.1, -0.05) is 30.3 Å². The Kier molecular flexibility index (Phi) is 6.26. The molecule has 7 heteroatoms. The van der Waals surface area contributed by atoms with E-state index in [1.165, 1.54) is 7.11 Å². The van der Waals surface area contributed by atoms with Gasteiger partial charge in [-0.3, -0.25) is 9.59 Å². The van der Waals surface area contributed by atoms with E-state index in [9.17, 15) is 14.4 Å². The molecule has 0 spiro atoms. The molecule has 0 aromatic heterocycles. The number of anilines is 2. The average molecular weight is 381 g/mol. The van der Waals surface area contributed by atoms with E-state index < -0.39 is 11.9 Å². The molecule has 1 heterocycles. The Bertz CT molecular complexity index is 846. The summed E-state index contributed by atoms with van der Waals surface area (Å²) in [5.74, 6) is -1.22. The Hall–Kier alpha value is -3.35. The maximum absolute atomic E-state index is 12.5. The van der Waals surface area contributed by atoms with Gasteiger partial charge in [0.1, 0.15) is 6.42 Å². The minimum absolute atomic E-state index is 0.222. The molecule has 1 saturated heterocycles. The van der Waals surface area contributed by atoms with Crippen molar-refractivity contribution in [1.29, 1.82) is 0 Å². The van der Waals surface area contributed by atoms with Gasteiger partial charge >= 0.3 is 5.97 Å². The number of piperazine rings is 1. The van der Waals surface area contributed by atoms with Gasteiger partial charge in [0, 0.05) is 31.9 Å². The van der Waals surface area contributed by atoms with E-state index in [0.29, 0.717) is 18.8 Å². The number of hydrogen-bond acceptors (Lipinski definition) is 5. The number of carbonyl (C=O) groups is 3. The van der Waals surface area contributed by atoms with Crippen LogP contribution in [0.1, 0.15) is 16.8 Å². The van der Waals surface area contributed by atoms with Gasteiger partial charge in [-0.2, -0.15) is 0 Å². The van der Waals surface area contributed by atoms with Gasteiger partial charge in [-0.05, 0) is 24.3 Å². The van der Waals surface area contributed by atoms with Gasteiger partial charge in [0.25, 0.3) is 0 Å². The second-order valence-corrected chi connectivity index (χ2v) is 6.47. The lowest BCUT2D eigenvalue weighted by atomic mass is 10.1. The second-order valence-electron chi connectivity index (χ2n) is 6.47. The number of hydrogen-bond donors (Lipinski definition) is 1. The fourth-order valence-electron chi connectivity index (χ4n) is 3.18. The lowest BCUT2D eigenvalue weighted by Gasteiger charge is -2.36. The SMILES string of the molecule is COC(=O)c1ccccc1NC(=O)CC(=O)N1CCN(c2ccccc2)CC1. The van der Waals surface area contributed by atoms with E-state index in [2.05, 4.69) is 10.2 Å². The summed E-state index contributed by atoms with van der Waals surface area (Å²) < 4.78 is 4.71. The number of para-hydroxylation sites is 2. The van der Waals surface area contributed by atoms with Crippen molar-refractivity contribution >= 4 is 29.2 Å². The quantitative estimate of drug-likeness (QED) is 0.634. The van der Waals surface area contributed by atoms with Crippen LogP contribution in [0, 0.1) is 0 Å². The van der Waals surface area contributed by atoms with Crippen molar-refractivity contribution in [3.63, 3.8) is 0 Å². The molecule has 146 valence electrons. The molecule has 1 aliphatic rings. The standard InChI is InChI=1S/C21H23N3O4/c1-28-21(27)17-9-5-6-10-18(17)22-19(25)15-20(26)24-13-11-23(12-14-24)16-7-3-2-4-8-16/h2-10H,11-15H2,1H3,(H,22,25). The Balaban J connectivity index is 1.53. The predicted molar refractivity (Wildman–Crippen MR) is 106 cm³/mol. The van der Waals surface area contributed by atoms with Crippen molar-refractivity contribution in [2.75, 3.05) is 43.5 Å². The number of esters is 1. The molecule has 1 fully saturated rings. The normalized spacial score (nSPS) is 13.8. The lowest BCUT2D eigenvalue weighted by molar-refractivity contribution is -0.134. The van der Waals surface area contributed by atoms with Crippen molar-refractivity contribution in [1.82, 2.24) is 4.90 Å². The van der Waals surface area contributed by atoms with E-state index in [1.807, 2.05) is 30.3 Å². The molecule has 0 saturated carbocycles. The number of methoxy groups -OCH3 is 1. The Morgan fingerprint density at radius 3 is 2.25 bits per heavy atom. The Morgan fingerprint density at radius 1 is 0.929 bits per heavy atom. The molecule has 28 heavy (non-hydrogen) atoms. The third-order valence-electron chi connectivity index (χ3n) is 4.67. The smallest absolute Gasteiger partial charge is 0.339 e. The van der Waals surface area contributed by atoms with Crippen LogP contribution >= 0.6 is 0 Å². The van der Waals surface area contributed by atoms with Gasteiger partial charge < -0.3 is 19.9 Å². The molecule has 2 aromatic carbocycles. The van der Waals surface area contributed by atoms with Crippen molar-refractivity contribution in [3.05, 3.63) is 60.2 Å². The maximum Gasteiger partial charge on any atom is 0.339 e. The maximum atomic E-state index is 12.5. The predicted octanol–water partition coefficient (Wildman–Crippen LogP) is 2.15. The van der Waals surface area contributed by atoms with Gasteiger partial charge in [0.2, 0.25) is 11.8 Å². The van der Waals surface area contributed by atoms with E-state index in [-0.39, 0.29) is 17.9 Å². The van der Waals surface area contributed by atoms with Crippen molar-refractivity contribution in [3.8, 4) is 0 Å². The van der Waals surface area contributed by atoms with Gasteiger partial charge in [0.15, 0.2) is 0 Å². The van der Waals surface area contributed by atoms with E-state index in [1.54, 1.807) is 29.2 Å². The van der Waals surface area contributed by atoms with Crippen molar-refractivity contribution in [2.24, 2.45) is 0 Å². The van der Waals surface area contributed by atoms with Crippen LogP contribution in [0.3, 0.4) is 0 Å². The highest BCUT2D eigenvalue weighted by atomic mass is 16.5. The number of ether oxygens (including phenoxy) is 1. The fraction of sp³-hybridized carbons (Fsp3) is 0.286. The topological polar surface area (TPSA) is 78.9 Å². The third-order valence-corrected chi connectivity index (χ3v) is 4.67. The highest BCUT2D eigenvalue weighted by Crippen LogP contribution is 2.18. The molecule has 0 aliphatic carbocycles. The summed E-state index contributed by atoms with van der Waals surface area (Å²) in [7, 11) is 1.28. The van der Waals surface area contributed by atoms with E-state index in [0.717, 1.165) is 18.8 Å². The Morgan fingerprint density at radius 2 is 1.57 bits per heavy atom. The molecule has 0 radical (unpaired) electrons. The van der Waals surface area contributed by atoms with Crippen LogP contribution in [0.4, 0.5) is 11.4 Å². The average Bonchev–Trinajstić information content (AvgIpc) is 2.74. The highest BCUT2D eigenvalue weighted by molar-refractivity contribution is 6.06. The summed E-state index contributed by atoms with van der Waals surface area (Å²) in [5, 5.41) is 2.63. The van der Waals surface area contributed by atoms with Gasteiger partial charge in [-0.15, -0.1) is 0 Å². The first kappa shape index (κ1) is 19.4. The van der Waals surface area contributed by atoms with Crippen LogP contribution in [0.5, 0.6) is 0 Å². The third kappa shape index (κ3) is 4.68. The van der Waals surface area contributed by atoms with E-state index in [4.69, 9.17) is 4.74 Å². The van der Waals surface area contributed by atoms with Crippen LogP contribution < -0.4 is 10.2 Å². The molecule has 0 unspecified atom stereocenters. The second kappa shape index (κ2) is 9.03. The highest BCUT2D eigenvalue weighted by Gasteiger charge is 2.23. The first-order valence-electron chi connectivity index (χ1n) is 9.13. The number of benzene rings is 2. The zero-order valence-corrected chi connectivity index (χ0v) is 15.8. The molecule has 0 bridgehead atoms. The molecule has 1 N–H and O–H groups in total. The lowest BCUT2D eigenvalue weighted by Crippen LogP contribution is -2.49. The largest absolute Gasteiger partial charge is 0.465 e. The zero-order valence-electron chi connectivity index (χ0n) is 15.8. The first-order valence-corrected chi connectivity index (χ1v) is 9.13. The molecule has 0 atom stereocenters. The van der Waals surface area contributed by atoms with Gasteiger partial charge in [0.05, 0.1) is 18.4 Å². The minimum atomic E-state index is -0.542. The van der Waals surface area contributed by atoms with Crippen LogP contribution in [0.15, 0.2) is 54.6 Å². The minimum Gasteiger partial charge on any atom is -0.465 e. The summed E-state index contributed by atoms with van der Waals surface area (Å²) in [4.78, 5) is 40.5. The molecule has 3 rings (SSSR count). The zero-order chi connectivity index (χ0) is 19.9. The van der Waals surface area contributed by atoms with E-state index >= 15 is 0 Å². The Labute approximate surface area is 163 Å². The number of amides is 2. The summed E-state index contributed by atoms with van der Waals surface area (Å²) in [5.41, 5.74) is 1.72. The van der Waals surface area contributed by atoms with Gasteiger partial charge in [-0.25, -0.2) is 4.79 Å². The first-order chi connectivity index (χ1) is 13.6. The molecular formula is C21H23N3O4. The van der Waals surface area contributed by atoms with Crippen molar-refractivity contribution < 1.29 is 19.1 Å². The molecule has 2 amide bonds. The fourth-order valence-corrected chi connectivity index (χ4v) is 3.18. The van der Waals surface area contributed by atoms with Crippen LogP contribution in [0.25, 0.3) is 0 Å². The molecule has 1 aliphatic heterocycles. The van der Waals surface area contributed by atoms with Crippen molar-refractivity contribution in [2.45, 2.75) is 6.42 Å². The van der Waals surface area contributed by atoms with Crippen LogP contribution in [-0.4, -0.2) is 56.0 Å².